The Bertz CT molecular complexity index is 242. The molecule has 3 heteroatoms. The van der Waals surface area contributed by atoms with E-state index in [1.54, 1.807) is 0 Å². The second kappa shape index (κ2) is 5.35. The van der Waals surface area contributed by atoms with Crippen LogP contribution in [0.5, 0.6) is 0 Å². The normalized spacial score (nSPS) is 12.8. The number of aromatic nitrogens is 1. The molecule has 0 aliphatic rings. The van der Waals surface area contributed by atoms with Crippen LogP contribution in [0.2, 0.25) is 0 Å². The summed E-state index contributed by atoms with van der Waals surface area (Å²) in [5.41, 5.74) is 1.14. The lowest BCUT2D eigenvalue weighted by molar-refractivity contribution is 0.537. The maximum Gasteiger partial charge on any atom is 0.0419 e. The third kappa shape index (κ3) is 3.44. The minimum atomic E-state index is 0.536. The molecule has 2 nitrogen and oxygen atoms in total. The maximum absolute atomic E-state index is 4.33. The Kier molecular flexibility index (Phi) is 4.39. The van der Waals surface area contributed by atoms with Crippen molar-refractivity contribution in [2.45, 2.75) is 25.8 Å². The van der Waals surface area contributed by atoms with Gasteiger partial charge in [0.25, 0.3) is 0 Å². The van der Waals surface area contributed by atoms with Crippen LogP contribution in [-0.4, -0.2) is 18.1 Å². The summed E-state index contributed by atoms with van der Waals surface area (Å²) in [4.78, 5) is 4.33. The fraction of sp³-hybridized carbons (Fsp3) is 0.500. The van der Waals surface area contributed by atoms with Crippen LogP contribution >= 0.6 is 15.9 Å². The van der Waals surface area contributed by atoms with E-state index in [1.807, 2.05) is 19.3 Å². The van der Waals surface area contributed by atoms with Crippen molar-refractivity contribution in [3.05, 3.63) is 28.5 Å². The Morgan fingerprint density at radius 2 is 2.31 bits per heavy atom. The van der Waals surface area contributed by atoms with E-state index in [1.165, 1.54) is 0 Å². The molecule has 0 saturated carbocycles. The average molecular weight is 243 g/mol. The number of hydrogen-bond acceptors (Lipinski definition) is 2. The molecule has 0 radical (unpaired) electrons. The Labute approximate surface area is 87.9 Å². The lowest BCUT2D eigenvalue weighted by Crippen LogP contribution is -2.26. The standard InChI is InChI=1S/C10H15BrN2/c1-3-9(12-2)6-10-5-4-8(11)7-13-10/h4-5,7,9,12H,3,6H2,1-2H3. The number of hydrogen-bond donors (Lipinski definition) is 1. The second-order valence-corrected chi connectivity index (χ2v) is 3.98. The van der Waals surface area contributed by atoms with Gasteiger partial charge in [-0.2, -0.15) is 0 Å². The van der Waals surface area contributed by atoms with Crippen LogP contribution in [0, 0.1) is 0 Å². The van der Waals surface area contributed by atoms with Gasteiger partial charge in [-0.15, -0.1) is 0 Å². The molecule has 0 saturated heterocycles. The van der Waals surface area contributed by atoms with E-state index in [9.17, 15) is 0 Å². The van der Waals surface area contributed by atoms with Gasteiger partial charge in [0.1, 0.15) is 0 Å². The number of nitrogens with one attached hydrogen (secondary N) is 1. The summed E-state index contributed by atoms with van der Waals surface area (Å²) in [6, 6.07) is 4.63. The predicted octanol–water partition coefficient (Wildman–Crippen LogP) is 2.38. The van der Waals surface area contributed by atoms with Gasteiger partial charge in [-0.3, -0.25) is 4.98 Å². The van der Waals surface area contributed by atoms with Crippen molar-refractivity contribution < 1.29 is 0 Å². The van der Waals surface area contributed by atoms with Gasteiger partial charge in [-0.05, 0) is 41.5 Å². The maximum atomic E-state index is 4.33. The van der Waals surface area contributed by atoms with Crippen molar-refractivity contribution >= 4 is 15.9 Å². The topological polar surface area (TPSA) is 24.9 Å². The van der Waals surface area contributed by atoms with Gasteiger partial charge in [0, 0.05) is 28.8 Å². The fourth-order valence-electron chi connectivity index (χ4n) is 1.23. The molecule has 0 aromatic carbocycles. The molecule has 0 bridgehead atoms. The van der Waals surface area contributed by atoms with Crippen molar-refractivity contribution in [2.75, 3.05) is 7.05 Å². The number of halogens is 1. The van der Waals surface area contributed by atoms with Crippen LogP contribution in [0.1, 0.15) is 19.0 Å². The van der Waals surface area contributed by atoms with Crippen LogP contribution in [-0.2, 0) is 6.42 Å². The Morgan fingerprint density at radius 3 is 2.77 bits per heavy atom. The third-order valence-corrected chi connectivity index (χ3v) is 2.61. The van der Waals surface area contributed by atoms with Gasteiger partial charge in [-0.1, -0.05) is 6.92 Å². The van der Waals surface area contributed by atoms with Gasteiger partial charge >= 0.3 is 0 Å². The van der Waals surface area contributed by atoms with Crippen LogP contribution in [0.4, 0.5) is 0 Å². The van der Waals surface area contributed by atoms with E-state index < -0.39 is 0 Å². The van der Waals surface area contributed by atoms with Crippen molar-refractivity contribution in [1.82, 2.24) is 10.3 Å². The first kappa shape index (κ1) is 10.7. The minimum Gasteiger partial charge on any atom is -0.317 e. The van der Waals surface area contributed by atoms with Crippen molar-refractivity contribution in [2.24, 2.45) is 0 Å². The second-order valence-electron chi connectivity index (χ2n) is 3.07. The van der Waals surface area contributed by atoms with Gasteiger partial charge in [0.2, 0.25) is 0 Å². The van der Waals surface area contributed by atoms with Crippen LogP contribution in [0.3, 0.4) is 0 Å². The molecule has 0 aliphatic carbocycles. The van der Waals surface area contributed by atoms with E-state index in [0.29, 0.717) is 6.04 Å². The molecule has 0 aliphatic heterocycles. The zero-order valence-electron chi connectivity index (χ0n) is 8.05. The molecule has 1 rings (SSSR count). The number of rotatable bonds is 4. The fourth-order valence-corrected chi connectivity index (χ4v) is 1.46. The van der Waals surface area contributed by atoms with Gasteiger partial charge in [0.05, 0.1) is 0 Å². The summed E-state index contributed by atoms with van der Waals surface area (Å²) in [5.74, 6) is 0. The van der Waals surface area contributed by atoms with Crippen molar-refractivity contribution in [1.29, 1.82) is 0 Å². The van der Waals surface area contributed by atoms with E-state index in [0.717, 1.165) is 23.0 Å². The molecule has 1 atom stereocenters. The molecule has 13 heavy (non-hydrogen) atoms. The third-order valence-electron chi connectivity index (χ3n) is 2.15. The van der Waals surface area contributed by atoms with Gasteiger partial charge in [0.15, 0.2) is 0 Å². The summed E-state index contributed by atoms with van der Waals surface area (Å²) in [7, 11) is 1.99. The van der Waals surface area contributed by atoms with Gasteiger partial charge in [-0.25, -0.2) is 0 Å². The Morgan fingerprint density at radius 1 is 1.54 bits per heavy atom. The monoisotopic (exact) mass is 242 g/mol. The molecule has 0 amide bonds. The highest BCUT2D eigenvalue weighted by molar-refractivity contribution is 9.10. The summed E-state index contributed by atoms with van der Waals surface area (Å²) in [6.45, 7) is 2.18. The van der Waals surface area contributed by atoms with Crippen LogP contribution in [0.25, 0.3) is 0 Å². The summed E-state index contributed by atoms with van der Waals surface area (Å²) < 4.78 is 1.04. The molecule has 0 spiro atoms. The lowest BCUT2D eigenvalue weighted by Gasteiger charge is -2.12. The van der Waals surface area contributed by atoms with E-state index in [-0.39, 0.29) is 0 Å². The number of pyridine rings is 1. The summed E-state index contributed by atoms with van der Waals surface area (Å²) in [6.07, 6.45) is 3.98. The first-order valence-electron chi connectivity index (χ1n) is 4.54. The highest BCUT2D eigenvalue weighted by Crippen LogP contribution is 2.09. The van der Waals surface area contributed by atoms with Crippen LogP contribution < -0.4 is 5.32 Å². The van der Waals surface area contributed by atoms with E-state index in [2.05, 4.69) is 39.2 Å². The molecule has 1 heterocycles. The molecule has 1 unspecified atom stereocenters. The quantitative estimate of drug-likeness (QED) is 0.878. The molecule has 1 aromatic rings. The van der Waals surface area contributed by atoms with Crippen molar-refractivity contribution in [3.8, 4) is 0 Å². The number of nitrogens with zero attached hydrogens (tertiary/aromatic N) is 1. The Balaban J connectivity index is 2.58. The largest absolute Gasteiger partial charge is 0.317 e. The molecule has 0 fully saturated rings. The molecular formula is C10H15BrN2. The highest BCUT2D eigenvalue weighted by Gasteiger charge is 2.04. The molecular weight excluding hydrogens is 228 g/mol. The number of likely N-dealkylation sites (N-methyl/N-ethyl adjacent to an activating group) is 1. The zero-order valence-corrected chi connectivity index (χ0v) is 9.63. The minimum absolute atomic E-state index is 0.536. The molecule has 1 N–H and O–H groups in total. The first-order valence-corrected chi connectivity index (χ1v) is 5.33. The smallest absolute Gasteiger partial charge is 0.0419 e. The predicted molar refractivity (Wildman–Crippen MR) is 58.8 cm³/mol. The SMILES string of the molecule is CCC(Cc1ccc(Br)cn1)NC. The molecule has 1 aromatic heterocycles. The zero-order chi connectivity index (χ0) is 9.68. The summed E-state index contributed by atoms with van der Waals surface area (Å²) >= 11 is 3.37. The van der Waals surface area contributed by atoms with Gasteiger partial charge < -0.3 is 5.32 Å². The summed E-state index contributed by atoms with van der Waals surface area (Å²) in [5, 5.41) is 3.26. The van der Waals surface area contributed by atoms with E-state index >= 15 is 0 Å². The average Bonchev–Trinajstić information content (AvgIpc) is 2.17. The van der Waals surface area contributed by atoms with Crippen LogP contribution in [0.15, 0.2) is 22.8 Å². The van der Waals surface area contributed by atoms with E-state index in [4.69, 9.17) is 0 Å². The van der Waals surface area contributed by atoms with Crippen molar-refractivity contribution in [3.63, 3.8) is 0 Å². The lowest BCUT2D eigenvalue weighted by atomic mass is 10.1. The Hall–Kier alpha value is -0.410. The first-order chi connectivity index (χ1) is 6.26. The highest BCUT2D eigenvalue weighted by atomic mass is 79.9. The molecule has 72 valence electrons.